The van der Waals surface area contributed by atoms with Crippen LogP contribution in [0.3, 0.4) is 0 Å². The van der Waals surface area contributed by atoms with E-state index < -0.39 is 11.6 Å². The van der Waals surface area contributed by atoms with Gasteiger partial charge in [0.25, 0.3) is 0 Å². The lowest BCUT2D eigenvalue weighted by atomic mass is 10.1. The summed E-state index contributed by atoms with van der Waals surface area (Å²) >= 11 is 1.13. The molecule has 0 atom stereocenters. The predicted molar refractivity (Wildman–Crippen MR) is 74.0 cm³/mol. The summed E-state index contributed by atoms with van der Waals surface area (Å²) in [5.41, 5.74) is 1.02. The number of carbonyl (C=O) groups excluding carboxylic acids is 1. The molecule has 0 aliphatic heterocycles. The van der Waals surface area contributed by atoms with Crippen molar-refractivity contribution in [3.8, 4) is 5.75 Å². The molecule has 0 aromatic heterocycles. The highest BCUT2D eigenvalue weighted by molar-refractivity contribution is 7.98. The van der Waals surface area contributed by atoms with Gasteiger partial charge in [0.2, 0.25) is 0 Å². The van der Waals surface area contributed by atoms with Gasteiger partial charge in [0, 0.05) is 27.8 Å². The number of phenolic OH excluding ortho intramolecular Hbond substituents is 1. The van der Waals surface area contributed by atoms with Crippen LogP contribution in [0.5, 0.6) is 5.75 Å². The van der Waals surface area contributed by atoms with Gasteiger partial charge in [-0.05, 0) is 37.3 Å². The lowest BCUT2D eigenvalue weighted by Crippen LogP contribution is -1.94. The highest BCUT2D eigenvalue weighted by Crippen LogP contribution is 2.30. The molecule has 0 bridgehead atoms. The number of carbonyl (C=O) groups is 1. The number of Topliss-reactive ketones (excluding diaryl/α,β-unsaturated/α-hetero) is 1. The Kier molecular flexibility index (Phi) is 4.39. The van der Waals surface area contributed by atoms with E-state index >= 15 is 0 Å². The average Bonchev–Trinajstić information content (AvgIpc) is 2.39. The van der Waals surface area contributed by atoms with Crippen LogP contribution in [0.2, 0.25) is 0 Å². The first-order valence-electron chi connectivity index (χ1n) is 5.88. The number of phenols is 1. The van der Waals surface area contributed by atoms with Crippen molar-refractivity contribution in [2.75, 3.05) is 0 Å². The van der Waals surface area contributed by atoms with Gasteiger partial charge in [-0.15, -0.1) is 11.8 Å². The predicted octanol–water partition coefficient (Wildman–Crippen LogP) is 4.17. The van der Waals surface area contributed by atoms with Gasteiger partial charge in [-0.3, -0.25) is 4.79 Å². The molecule has 0 fully saturated rings. The van der Waals surface area contributed by atoms with E-state index in [0.29, 0.717) is 16.0 Å². The number of hydrogen-bond acceptors (Lipinski definition) is 3. The van der Waals surface area contributed by atoms with E-state index in [-0.39, 0.29) is 17.3 Å². The van der Waals surface area contributed by atoms with Crippen molar-refractivity contribution in [2.24, 2.45) is 0 Å². The number of rotatable bonds is 4. The lowest BCUT2D eigenvalue weighted by molar-refractivity contribution is 0.101. The van der Waals surface area contributed by atoms with Crippen LogP contribution in [0.1, 0.15) is 22.8 Å². The largest absolute Gasteiger partial charge is 0.508 e. The van der Waals surface area contributed by atoms with Crippen molar-refractivity contribution in [1.29, 1.82) is 0 Å². The van der Waals surface area contributed by atoms with Gasteiger partial charge in [-0.2, -0.15) is 0 Å². The van der Waals surface area contributed by atoms with Crippen LogP contribution >= 0.6 is 11.8 Å². The molecule has 2 aromatic rings. The molecule has 104 valence electrons. The van der Waals surface area contributed by atoms with Crippen molar-refractivity contribution in [2.45, 2.75) is 17.6 Å². The number of benzene rings is 2. The Morgan fingerprint density at radius 1 is 1.20 bits per heavy atom. The van der Waals surface area contributed by atoms with Gasteiger partial charge < -0.3 is 5.11 Å². The zero-order valence-electron chi connectivity index (χ0n) is 10.7. The van der Waals surface area contributed by atoms with E-state index in [2.05, 4.69) is 0 Å². The van der Waals surface area contributed by atoms with Gasteiger partial charge >= 0.3 is 0 Å². The van der Waals surface area contributed by atoms with Crippen LogP contribution in [0.25, 0.3) is 0 Å². The summed E-state index contributed by atoms with van der Waals surface area (Å²) in [7, 11) is 0. The van der Waals surface area contributed by atoms with Crippen LogP contribution in [0.15, 0.2) is 41.3 Å². The highest BCUT2D eigenvalue weighted by atomic mass is 32.2. The van der Waals surface area contributed by atoms with E-state index in [9.17, 15) is 18.7 Å². The van der Waals surface area contributed by atoms with Crippen molar-refractivity contribution in [1.82, 2.24) is 0 Å². The molecule has 0 radical (unpaired) electrons. The molecule has 5 heteroatoms. The monoisotopic (exact) mass is 294 g/mol. The Labute approximate surface area is 119 Å². The fraction of sp³-hybridized carbons (Fsp3) is 0.133. The maximum atomic E-state index is 13.5. The van der Waals surface area contributed by atoms with E-state index in [1.54, 1.807) is 6.07 Å². The minimum atomic E-state index is -0.641. The minimum absolute atomic E-state index is 0.0463. The van der Waals surface area contributed by atoms with Crippen molar-refractivity contribution in [3.63, 3.8) is 0 Å². The standard InChI is InChI=1S/C15H12F2O2S/c1-9(18)10-2-4-14(19)11(6-10)8-20-15-5-3-12(16)7-13(15)17/h2-7,19H,8H2,1H3. The molecule has 0 aliphatic carbocycles. The summed E-state index contributed by atoms with van der Waals surface area (Å²) in [6.07, 6.45) is 0. The molecule has 0 saturated carbocycles. The van der Waals surface area contributed by atoms with Crippen LogP contribution in [-0.2, 0) is 5.75 Å². The van der Waals surface area contributed by atoms with Crippen molar-refractivity contribution < 1.29 is 18.7 Å². The number of thioether (sulfide) groups is 1. The second kappa shape index (κ2) is 6.05. The third kappa shape index (κ3) is 3.36. The van der Waals surface area contributed by atoms with Gasteiger partial charge in [-0.25, -0.2) is 8.78 Å². The van der Waals surface area contributed by atoms with Crippen LogP contribution in [-0.4, -0.2) is 10.9 Å². The number of halogens is 2. The Balaban J connectivity index is 2.18. The quantitative estimate of drug-likeness (QED) is 0.679. The van der Waals surface area contributed by atoms with Crippen LogP contribution < -0.4 is 0 Å². The van der Waals surface area contributed by atoms with E-state index in [0.717, 1.165) is 17.8 Å². The molecule has 2 aromatic carbocycles. The molecule has 0 unspecified atom stereocenters. The van der Waals surface area contributed by atoms with E-state index in [1.165, 1.54) is 31.2 Å². The first-order valence-corrected chi connectivity index (χ1v) is 6.86. The summed E-state index contributed by atoms with van der Waals surface area (Å²) in [4.78, 5) is 11.6. The van der Waals surface area contributed by atoms with Crippen LogP contribution in [0.4, 0.5) is 8.78 Å². The summed E-state index contributed by atoms with van der Waals surface area (Å²) in [6, 6.07) is 7.89. The molecule has 0 aliphatic rings. The summed E-state index contributed by atoms with van der Waals surface area (Å²) in [5, 5.41) is 9.73. The van der Waals surface area contributed by atoms with Gasteiger partial charge in [-0.1, -0.05) is 0 Å². The van der Waals surface area contributed by atoms with Crippen LogP contribution in [0, 0.1) is 11.6 Å². The second-order valence-corrected chi connectivity index (χ2v) is 5.28. The molecule has 20 heavy (non-hydrogen) atoms. The summed E-state index contributed by atoms with van der Waals surface area (Å²) < 4.78 is 26.3. The third-order valence-corrected chi connectivity index (χ3v) is 3.86. The van der Waals surface area contributed by atoms with Gasteiger partial charge in [0.05, 0.1) is 0 Å². The highest BCUT2D eigenvalue weighted by Gasteiger charge is 2.09. The fourth-order valence-corrected chi connectivity index (χ4v) is 2.57. The molecule has 2 nitrogen and oxygen atoms in total. The Morgan fingerprint density at radius 3 is 2.60 bits per heavy atom. The fourth-order valence-electron chi connectivity index (χ4n) is 1.67. The van der Waals surface area contributed by atoms with Crippen molar-refractivity contribution in [3.05, 3.63) is 59.2 Å². The topological polar surface area (TPSA) is 37.3 Å². The first-order chi connectivity index (χ1) is 9.47. The van der Waals surface area contributed by atoms with Crippen molar-refractivity contribution >= 4 is 17.5 Å². The Bertz CT molecular complexity index is 656. The molecular weight excluding hydrogens is 282 g/mol. The molecule has 0 spiro atoms. The molecule has 0 heterocycles. The number of aromatic hydroxyl groups is 1. The first kappa shape index (κ1) is 14.5. The lowest BCUT2D eigenvalue weighted by Gasteiger charge is -2.07. The summed E-state index contributed by atoms with van der Waals surface area (Å²) in [5.74, 6) is -1.05. The van der Waals surface area contributed by atoms with E-state index in [4.69, 9.17) is 0 Å². The van der Waals surface area contributed by atoms with Gasteiger partial charge in [0.15, 0.2) is 5.78 Å². The number of hydrogen-bond donors (Lipinski definition) is 1. The third-order valence-electron chi connectivity index (χ3n) is 2.76. The molecular formula is C15H12F2O2S. The summed E-state index contributed by atoms with van der Waals surface area (Å²) in [6.45, 7) is 1.43. The zero-order valence-corrected chi connectivity index (χ0v) is 11.5. The maximum absolute atomic E-state index is 13.5. The zero-order chi connectivity index (χ0) is 14.7. The molecule has 2 rings (SSSR count). The maximum Gasteiger partial charge on any atom is 0.159 e. The Morgan fingerprint density at radius 2 is 1.95 bits per heavy atom. The minimum Gasteiger partial charge on any atom is -0.508 e. The molecule has 0 saturated heterocycles. The second-order valence-electron chi connectivity index (χ2n) is 4.26. The smallest absolute Gasteiger partial charge is 0.159 e. The average molecular weight is 294 g/mol. The van der Waals surface area contributed by atoms with Gasteiger partial charge in [0.1, 0.15) is 17.4 Å². The number of ketones is 1. The Hall–Kier alpha value is -1.88. The normalized spacial score (nSPS) is 10.6. The molecule has 1 N–H and O–H groups in total. The molecule has 0 amide bonds. The van der Waals surface area contributed by atoms with E-state index in [1.807, 2.05) is 0 Å². The SMILES string of the molecule is CC(=O)c1ccc(O)c(CSc2ccc(F)cc2F)c1.